The molecule has 1 aromatic carbocycles. The van der Waals surface area contributed by atoms with Crippen molar-refractivity contribution in [2.45, 2.75) is 13.1 Å². The predicted octanol–water partition coefficient (Wildman–Crippen LogP) is 3.93. The second kappa shape index (κ2) is 7.27. The number of nitrogens with zero attached hydrogens (tertiary/aromatic N) is 3. The summed E-state index contributed by atoms with van der Waals surface area (Å²) in [6, 6.07) is 6.48. The number of halogens is 3. The van der Waals surface area contributed by atoms with E-state index in [1.54, 1.807) is 29.9 Å². The lowest BCUT2D eigenvalue weighted by Gasteiger charge is -2.07. The van der Waals surface area contributed by atoms with E-state index in [-0.39, 0.29) is 11.4 Å². The van der Waals surface area contributed by atoms with Gasteiger partial charge in [-0.3, -0.25) is 9.71 Å². The molecule has 2 heterocycles. The van der Waals surface area contributed by atoms with Crippen LogP contribution >= 0.6 is 0 Å². The van der Waals surface area contributed by atoms with Crippen LogP contribution in [0.15, 0.2) is 48.9 Å². The maximum absolute atomic E-state index is 13.0. The van der Waals surface area contributed by atoms with Crippen molar-refractivity contribution in [1.29, 1.82) is 0 Å². The van der Waals surface area contributed by atoms with Gasteiger partial charge in [-0.2, -0.15) is 13.2 Å². The first-order chi connectivity index (χ1) is 13.1. The number of pyridine rings is 1. The summed E-state index contributed by atoms with van der Waals surface area (Å²) in [5.41, 5.74) is 0.741. The van der Waals surface area contributed by atoms with Crippen LogP contribution in [0.25, 0.3) is 22.6 Å². The Balaban J connectivity index is 1.98. The molecule has 148 valence electrons. The highest BCUT2D eigenvalue weighted by atomic mass is 32.2. The first-order valence-electron chi connectivity index (χ1n) is 8.26. The maximum atomic E-state index is 13.0. The lowest BCUT2D eigenvalue weighted by molar-refractivity contribution is -0.137. The van der Waals surface area contributed by atoms with E-state index >= 15 is 0 Å². The third kappa shape index (κ3) is 4.33. The number of nitrogens with one attached hydrogen (secondary N) is 1. The van der Waals surface area contributed by atoms with Gasteiger partial charge in [0.25, 0.3) is 0 Å². The second-order valence-corrected chi connectivity index (χ2v) is 8.12. The van der Waals surface area contributed by atoms with Crippen molar-refractivity contribution in [3.8, 4) is 22.6 Å². The van der Waals surface area contributed by atoms with Crippen LogP contribution in [0.1, 0.15) is 12.5 Å². The quantitative estimate of drug-likeness (QED) is 0.692. The zero-order chi connectivity index (χ0) is 20.5. The topological polar surface area (TPSA) is 76.9 Å². The minimum atomic E-state index is -4.44. The summed E-state index contributed by atoms with van der Waals surface area (Å²) >= 11 is 0. The third-order valence-electron chi connectivity index (χ3n) is 4.01. The number of alkyl halides is 3. The van der Waals surface area contributed by atoms with Crippen LogP contribution in [-0.4, -0.2) is 28.7 Å². The molecule has 0 bridgehead atoms. The van der Waals surface area contributed by atoms with Gasteiger partial charge >= 0.3 is 6.18 Å². The Bertz CT molecular complexity index is 1110. The summed E-state index contributed by atoms with van der Waals surface area (Å²) in [7, 11) is -1.77. The summed E-state index contributed by atoms with van der Waals surface area (Å²) in [4.78, 5) is 8.43. The number of aromatic nitrogens is 3. The van der Waals surface area contributed by atoms with E-state index in [4.69, 9.17) is 0 Å². The molecule has 0 fully saturated rings. The molecule has 10 heteroatoms. The fraction of sp³-hybridized carbons (Fsp3) is 0.222. The van der Waals surface area contributed by atoms with Crippen LogP contribution < -0.4 is 4.72 Å². The highest BCUT2D eigenvalue weighted by molar-refractivity contribution is 7.92. The van der Waals surface area contributed by atoms with E-state index in [9.17, 15) is 21.6 Å². The van der Waals surface area contributed by atoms with E-state index in [1.807, 2.05) is 0 Å². The molecule has 2 aromatic heterocycles. The molecule has 0 aliphatic rings. The average Bonchev–Trinajstić information content (AvgIpc) is 3.03. The molecular formula is C18H17F3N4O2S. The summed E-state index contributed by atoms with van der Waals surface area (Å²) in [6.07, 6.45) is 0.0331. The predicted molar refractivity (Wildman–Crippen MR) is 100.0 cm³/mol. The number of sulfonamides is 1. The van der Waals surface area contributed by atoms with Gasteiger partial charge in [0, 0.05) is 30.6 Å². The summed E-state index contributed by atoms with van der Waals surface area (Å²) in [5.74, 6) is 0.358. The van der Waals surface area contributed by atoms with Gasteiger partial charge in [-0.1, -0.05) is 12.1 Å². The molecule has 0 saturated heterocycles. The molecule has 28 heavy (non-hydrogen) atoms. The molecule has 0 amide bonds. The van der Waals surface area contributed by atoms with E-state index in [2.05, 4.69) is 14.7 Å². The minimum absolute atomic E-state index is 0.0840. The molecular weight excluding hydrogens is 393 g/mol. The maximum Gasteiger partial charge on any atom is 0.416 e. The van der Waals surface area contributed by atoms with Gasteiger partial charge in [0.1, 0.15) is 5.82 Å². The summed E-state index contributed by atoms with van der Waals surface area (Å²) in [5, 5.41) is 0. The van der Waals surface area contributed by atoms with Gasteiger partial charge in [0.05, 0.1) is 28.9 Å². The lowest BCUT2D eigenvalue weighted by Crippen LogP contribution is -2.14. The molecule has 0 aliphatic carbocycles. The molecule has 0 aliphatic heterocycles. The van der Waals surface area contributed by atoms with E-state index in [1.165, 1.54) is 25.4 Å². The lowest BCUT2D eigenvalue weighted by atomic mass is 10.1. The van der Waals surface area contributed by atoms with Crippen LogP contribution in [0.5, 0.6) is 0 Å². The van der Waals surface area contributed by atoms with Crippen LogP contribution in [0.2, 0.25) is 0 Å². The van der Waals surface area contributed by atoms with Gasteiger partial charge in [0.15, 0.2) is 0 Å². The SMILES string of the molecule is CCS(=O)(=O)Nc1cncc(-c2nc(-c3cccc(C(F)(F)F)c3)cn2C)c1. The highest BCUT2D eigenvalue weighted by Gasteiger charge is 2.30. The van der Waals surface area contributed by atoms with Gasteiger partial charge in [-0.25, -0.2) is 13.4 Å². The number of aryl methyl sites for hydroxylation is 1. The zero-order valence-electron chi connectivity index (χ0n) is 15.0. The largest absolute Gasteiger partial charge is 0.416 e. The fourth-order valence-corrected chi connectivity index (χ4v) is 3.21. The van der Waals surface area contributed by atoms with Crippen LogP contribution in [0.4, 0.5) is 18.9 Å². The Kier molecular flexibility index (Phi) is 5.16. The normalized spacial score (nSPS) is 12.2. The molecule has 0 saturated carbocycles. The Labute approximate surface area is 160 Å². The molecule has 0 unspecified atom stereocenters. The zero-order valence-corrected chi connectivity index (χ0v) is 15.8. The third-order valence-corrected chi connectivity index (χ3v) is 5.32. The van der Waals surface area contributed by atoms with Crippen molar-refractivity contribution >= 4 is 15.7 Å². The Morgan fingerprint density at radius 2 is 1.89 bits per heavy atom. The first kappa shape index (κ1) is 19.9. The molecule has 0 radical (unpaired) electrons. The van der Waals surface area contributed by atoms with E-state index in [0.717, 1.165) is 12.1 Å². The van der Waals surface area contributed by atoms with E-state index in [0.29, 0.717) is 22.6 Å². The van der Waals surface area contributed by atoms with Crippen molar-refractivity contribution in [1.82, 2.24) is 14.5 Å². The summed E-state index contributed by atoms with van der Waals surface area (Å²) < 4.78 is 66.4. The highest BCUT2D eigenvalue weighted by Crippen LogP contribution is 2.32. The van der Waals surface area contributed by atoms with Gasteiger partial charge < -0.3 is 4.57 Å². The van der Waals surface area contributed by atoms with Gasteiger partial charge in [-0.05, 0) is 25.1 Å². The molecule has 0 atom stereocenters. The number of benzene rings is 1. The van der Waals surface area contributed by atoms with Crippen molar-refractivity contribution in [3.63, 3.8) is 0 Å². The van der Waals surface area contributed by atoms with Gasteiger partial charge in [0.2, 0.25) is 10.0 Å². The number of hydrogen-bond donors (Lipinski definition) is 1. The first-order valence-corrected chi connectivity index (χ1v) is 9.91. The number of anilines is 1. The molecule has 0 spiro atoms. The standard InChI is InChI=1S/C18H17F3N4O2S/c1-3-28(26,27)24-15-8-13(9-22-10-15)17-23-16(11-25(17)2)12-5-4-6-14(7-12)18(19,20)21/h4-11,24H,3H2,1-2H3. The smallest absolute Gasteiger partial charge is 0.333 e. The minimum Gasteiger partial charge on any atom is -0.333 e. The van der Waals surface area contributed by atoms with Crippen molar-refractivity contribution in [2.24, 2.45) is 7.05 Å². The van der Waals surface area contributed by atoms with Crippen LogP contribution in [0, 0.1) is 0 Å². The Hall–Kier alpha value is -2.88. The monoisotopic (exact) mass is 410 g/mol. The van der Waals surface area contributed by atoms with E-state index < -0.39 is 21.8 Å². The Morgan fingerprint density at radius 3 is 2.57 bits per heavy atom. The Morgan fingerprint density at radius 1 is 1.14 bits per heavy atom. The fourth-order valence-electron chi connectivity index (χ4n) is 2.60. The molecule has 6 nitrogen and oxygen atoms in total. The van der Waals surface area contributed by atoms with Crippen LogP contribution in [0.3, 0.4) is 0 Å². The van der Waals surface area contributed by atoms with Crippen molar-refractivity contribution in [3.05, 3.63) is 54.5 Å². The average molecular weight is 410 g/mol. The van der Waals surface area contributed by atoms with Crippen molar-refractivity contribution < 1.29 is 21.6 Å². The summed E-state index contributed by atoms with van der Waals surface area (Å²) in [6.45, 7) is 1.51. The molecule has 1 N–H and O–H groups in total. The van der Waals surface area contributed by atoms with Crippen LogP contribution in [-0.2, 0) is 23.2 Å². The number of hydrogen-bond acceptors (Lipinski definition) is 4. The molecule has 3 rings (SSSR count). The number of rotatable bonds is 5. The van der Waals surface area contributed by atoms with Crippen molar-refractivity contribution in [2.75, 3.05) is 10.5 Å². The van der Waals surface area contributed by atoms with Gasteiger partial charge in [-0.15, -0.1) is 0 Å². The molecule has 3 aromatic rings. The second-order valence-electron chi connectivity index (χ2n) is 6.11. The number of imidazole rings is 1.